The SMILES string of the molecule is COC(=O)CCCCN(CCc1ccccc1OCc1ccc2c(c1)OCO2)C1CCCc2cc(C(=O)OC)ccc21. The highest BCUT2D eigenvalue weighted by Gasteiger charge is 2.27. The van der Waals surface area contributed by atoms with Crippen molar-refractivity contribution in [1.29, 1.82) is 0 Å². The molecule has 0 aromatic heterocycles. The van der Waals surface area contributed by atoms with Crippen LogP contribution in [0.4, 0.5) is 0 Å². The third-order valence-electron chi connectivity index (χ3n) is 8.06. The van der Waals surface area contributed by atoms with Crippen LogP contribution in [-0.4, -0.2) is 50.9 Å². The Kier molecular flexibility index (Phi) is 9.98. The number of para-hydroxylation sites is 1. The van der Waals surface area contributed by atoms with Gasteiger partial charge in [0, 0.05) is 19.0 Å². The number of hydrogen-bond acceptors (Lipinski definition) is 8. The minimum Gasteiger partial charge on any atom is -0.489 e. The molecule has 1 aliphatic carbocycles. The molecule has 0 fully saturated rings. The fourth-order valence-corrected chi connectivity index (χ4v) is 5.83. The average molecular weight is 574 g/mol. The molecule has 222 valence electrons. The molecule has 3 aromatic rings. The number of benzene rings is 3. The highest BCUT2D eigenvalue weighted by molar-refractivity contribution is 5.89. The normalized spacial score (nSPS) is 15.3. The Balaban J connectivity index is 1.29. The second-order valence-electron chi connectivity index (χ2n) is 10.7. The first-order chi connectivity index (χ1) is 20.6. The van der Waals surface area contributed by atoms with Crippen molar-refractivity contribution in [2.24, 2.45) is 0 Å². The zero-order valence-corrected chi connectivity index (χ0v) is 24.4. The van der Waals surface area contributed by atoms with Crippen LogP contribution in [-0.2, 0) is 33.7 Å². The molecular weight excluding hydrogens is 534 g/mol. The summed E-state index contributed by atoms with van der Waals surface area (Å²) < 4.78 is 27.0. The van der Waals surface area contributed by atoms with Gasteiger partial charge in [-0.15, -0.1) is 0 Å². The van der Waals surface area contributed by atoms with Crippen LogP contribution in [0.1, 0.15) is 70.8 Å². The van der Waals surface area contributed by atoms with Crippen molar-refractivity contribution in [3.63, 3.8) is 0 Å². The summed E-state index contributed by atoms with van der Waals surface area (Å²) in [6, 6.07) is 20.3. The fraction of sp³-hybridized carbons (Fsp3) is 0.412. The first kappa shape index (κ1) is 29.5. The van der Waals surface area contributed by atoms with Gasteiger partial charge in [0.05, 0.1) is 19.8 Å². The Morgan fingerprint density at radius 1 is 0.929 bits per heavy atom. The van der Waals surface area contributed by atoms with Gasteiger partial charge in [0.1, 0.15) is 12.4 Å². The maximum absolute atomic E-state index is 12.2. The molecule has 5 rings (SSSR count). The predicted octanol–water partition coefficient (Wildman–Crippen LogP) is 6.05. The summed E-state index contributed by atoms with van der Waals surface area (Å²) in [5, 5.41) is 0. The zero-order valence-electron chi connectivity index (χ0n) is 24.4. The summed E-state index contributed by atoms with van der Waals surface area (Å²) >= 11 is 0. The maximum Gasteiger partial charge on any atom is 0.337 e. The van der Waals surface area contributed by atoms with Gasteiger partial charge in [-0.2, -0.15) is 0 Å². The number of esters is 2. The van der Waals surface area contributed by atoms with E-state index in [1.807, 2.05) is 48.5 Å². The number of fused-ring (bicyclic) bond motifs is 2. The molecule has 42 heavy (non-hydrogen) atoms. The lowest BCUT2D eigenvalue weighted by Crippen LogP contribution is -2.34. The standard InChI is InChI=1S/C34H39NO7/c1-38-33(36)12-5-6-18-35(29-10-7-9-26-21-27(34(37)39-2)14-15-28(26)29)19-17-25-8-3-4-11-30(25)40-22-24-13-16-31-32(20-24)42-23-41-31/h3-4,8,11,13-16,20-21,29H,5-7,9-10,12,17-19,22-23H2,1-2H3. The lowest BCUT2D eigenvalue weighted by Gasteiger charge is -2.36. The lowest BCUT2D eigenvalue weighted by atomic mass is 9.85. The van der Waals surface area contributed by atoms with Crippen molar-refractivity contribution in [1.82, 2.24) is 4.90 Å². The Morgan fingerprint density at radius 3 is 2.64 bits per heavy atom. The fourth-order valence-electron chi connectivity index (χ4n) is 5.83. The van der Waals surface area contributed by atoms with Crippen LogP contribution in [0.2, 0.25) is 0 Å². The largest absolute Gasteiger partial charge is 0.489 e. The number of unbranched alkanes of at least 4 members (excludes halogenated alkanes) is 1. The molecule has 0 saturated heterocycles. The van der Waals surface area contributed by atoms with E-state index in [1.165, 1.54) is 25.3 Å². The van der Waals surface area contributed by atoms with Crippen LogP contribution in [0.5, 0.6) is 17.2 Å². The molecule has 0 bridgehead atoms. The summed E-state index contributed by atoms with van der Waals surface area (Å²) in [7, 11) is 2.85. The number of ether oxygens (including phenoxy) is 5. The van der Waals surface area contributed by atoms with Gasteiger partial charge in [-0.1, -0.05) is 30.3 Å². The van der Waals surface area contributed by atoms with Gasteiger partial charge in [0.15, 0.2) is 11.5 Å². The number of carbonyl (C=O) groups excluding carboxylic acids is 2. The Labute approximate surface area is 247 Å². The van der Waals surface area contributed by atoms with E-state index in [9.17, 15) is 9.59 Å². The molecule has 8 nitrogen and oxygen atoms in total. The molecule has 1 unspecified atom stereocenters. The maximum atomic E-state index is 12.2. The van der Waals surface area contributed by atoms with Gasteiger partial charge in [0.2, 0.25) is 6.79 Å². The van der Waals surface area contributed by atoms with Gasteiger partial charge >= 0.3 is 11.9 Å². The van der Waals surface area contributed by atoms with Crippen molar-refractivity contribution in [2.45, 2.75) is 57.6 Å². The summed E-state index contributed by atoms with van der Waals surface area (Å²) in [4.78, 5) is 26.4. The van der Waals surface area contributed by atoms with Crippen molar-refractivity contribution < 1.29 is 33.3 Å². The van der Waals surface area contributed by atoms with Crippen LogP contribution in [0.15, 0.2) is 60.7 Å². The monoisotopic (exact) mass is 573 g/mol. The Morgan fingerprint density at radius 2 is 1.79 bits per heavy atom. The third-order valence-corrected chi connectivity index (χ3v) is 8.06. The molecule has 8 heteroatoms. The van der Waals surface area contributed by atoms with E-state index < -0.39 is 0 Å². The third kappa shape index (κ3) is 7.23. The van der Waals surface area contributed by atoms with Crippen molar-refractivity contribution in [2.75, 3.05) is 34.1 Å². The van der Waals surface area contributed by atoms with Gasteiger partial charge < -0.3 is 23.7 Å². The molecule has 1 atom stereocenters. The van der Waals surface area contributed by atoms with Crippen molar-refractivity contribution in [3.8, 4) is 17.2 Å². The van der Waals surface area contributed by atoms with Gasteiger partial charge in [-0.3, -0.25) is 9.69 Å². The quantitative estimate of drug-likeness (QED) is 0.181. The summed E-state index contributed by atoms with van der Waals surface area (Å²) in [5.41, 5.74) is 5.24. The summed E-state index contributed by atoms with van der Waals surface area (Å²) in [6.07, 6.45) is 5.96. The Bertz CT molecular complexity index is 1390. The van der Waals surface area contributed by atoms with Crippen molar-refractivity contribution in [3.05, 3.63) is 88.5 Å². The number of hydrogen-bond donors (Lipinski definition) is 0. The van der Waals surface area contributed by atoms with E-state index in [4.69, 9.17) is 23.7 Å². The molecule has 1 heterocycles. The number of methoxy groups -OCH3 is 2. The number of carbonyl (C=O) groups is 2. The molecule has 0 spiro atoms. The highest BCUT2D eigenvalue weighted by Crippen LogP contribution is 2.36. The van der Waals surface area contributed by atoms with E-state index in [0.29, 0.717) is 18.6 Å². The summed E-state index contributed by atoms with van der Waals surface area (Å²) in [6.45, 7) is 2.38. The zero-order chi connectivity index (χ0) is 29.3. The second kappa shape index (κ2) is 14.2. The van der Waals surface area contributed by atoms with Crippen LogP contribution < -0.4 is 14.2 Å². The Hall–Kier alpha value is -4.04. The molecule has 0 radical (unpaired) electrons. The topological polar surface area (TPSA) is 83.5 Å². The van der Waals surface area contributed by atoms with Gasteiger partial charge in [-0.25, -0.2) is 4.79 Å². The molecular formula is C34H39NO7. The molecule has 0 N–H and O–H groups in total. The number of aryl methyl sites for hydroxylation is 1. The molecule has 0 saturated carbocycles. The molecule has 0 amide bonds. The number of rotatable bonds is 13. The van der Waals surface area contributed by atoms with E-state index in [1.54, 1.807) is 0 Å². The minimum atomic E-state index is -0.308. The lowest BCUT2D eigenvalue weighted by molar-refractivity contribution is -0.140. The first-order valence-corrected chi connectivity index (χ1v) is 14.7. The second-order valence-corrected chi connectivity index (χ2v) is 10.7. The van der Waals surface area contributed by atoms with Crippen LogP contribution in [0.25, 0.3) is 0 Å². The smallest absolute Gasteiger partial charge is 0.337 e. The van der Waals surface area contributed by atoms with E-state index in [-0.39, 0.29) is 24.8 Å². The molecule has 2 aliphatic rings. The summed E-state index contributed by atoms with van der Waals surface area (Å²) in [5.74, 6) is 1.90. The van der Waals surface area contributed by atoms with Gasteiger partial charge in [-0.05, 0) is 97.7 Å². The first-order valence-electron chi connectivity index (χ1n) is 14.7. The van der Waals surface area contributed by atoms with Crippen molar-refractivity contribution >= 4 is 11.9 Å². The van der Waals surface area contributed by atoms with Gasteiger partial charge in [0.25, 0.3) is 0 Å². The van der Waals surface area contributed by atoms with Crippen LogP contribution in [0, 0.1) is 0 Å². The van der Waals surface area contributed by atoms with E-state index in [0.717, 1.165) is 80.0 Å². The minimum absolute atomic E-state index is 0.173. The van der Waals surface area contributed by atoms with E-state index in [2.05, 4.69) is 17.0 Å². The highest BCUT2D eigenvalue weighted by atomic mass is 16.7. The molecule has 1 aliphatic heterocycles. The molecule has 3 aromatic carbocycles. The van der Waals surface area contributed by atoms with Crippen LogP contribution in [0.3, 0.4) is 0 Å². The van der Waals surface area contributed by atoms with E-state index >= 15 is 0 Å². The van der Waals surface area contributed by atoms with Crippen LogP contribution >= 0.6 is 0 Å². The predicted molar refractivity (Wildman–Crippen MR) is 158 cm³/mol. The average Bonchev–Trinajstić information content (AvgIpc) is 3.51. The number of nitrogens with zero attached hydrogens (tertiary/aromatic N) is 1.